The van der Waals surface area contributed by atoms with Gasteiger partial charge in [-0.1, -0.05) is 22.0 Å². The van der Waals surface area contributed by atoms with Crippen molar-refractivity contribution in [2.45, 2.75) is 62.9 Å². The summed E-state index contributed by atoms with van der Waals surface area (Å²) in [5.41, 5.74) is 2.21. The number of carbonyl (C=O) groups is 1. The van der Waals surface area contributed by atoms with E-state index in [2.05, 4.69) is 27.3 Å². The number of hydrogen-bond acceptors (Lipinski definition) is 3. The molecule has 5 atom stereocenters. The van der Waals surface area contributed by atoms with Gasteiger partial charge in [0, 0.05) is 6.54 Å². The van der Waals surface area contributed by atoms with E-state index in [-0.39, 0.29) is 5.91 Å². The first-order valence-corrected chi connectivity index (χ1v) is 11.5. The molecule has 0 spiro atoms. The summed E-state index contributed by atoms with van der Waals surface area (Å²) < 4.78 is 0. The maximum atomic E-state index is 11.4. The number of aromatic hydroxyl groups is 1. The van der Waals surface area contributed by atoms with E-state index in [0.29, 0.717) is 41.3 Å². The Bertz CT molecular complexity index is 709. The van der Waals surface area contributed by atoms with Gasteiger partial charge in [0.2, 0.25) is 5.91 Å². The molecule has 0 heterocycles. The fraction of sp³-hybridized carbons (Fsp3) is 0.682. The molecule has 1 aromatic carbocycles. The number of halogens is 1. The molecular weight excluding hydrogens is 406 g/mol. The summed E-state index contributed by atoms with van der Waals surface area (Å²) in [5, 5.41) is 24.4. The smallest absolute Gasteiger partial charge is 0.230 e. The van der Waals surface area contributed by atoms with Gasteiger partial charge in [-0.05, 0) is 98.3 Å². The van der Waals surface area contributed by atoms with Crippen molar-refractivity contribution < 1.29 is 15.0 Å². The number of phenols is 1. The Balaban J connectivity index is 1.42. The van der Waals surface area contributed by atoms with Gasteiger partial charge in [-0.2, -0.15) is 0 Å². The van der Waals surface area contributed by atoms with Crippen LogP contribution in [-0.2, 0) is 11.2 Å². The summed E-state index contributed by atoms with van der Waals surface area (Å²) in [5.74, 6) is 2.68. The highest BCUT2D eigenvalue weighted by Crippen LogP contribution is 2.58. The SMILES string of the molecule is O=C(CBr)NCCC[C@]1(O)CCC2C3CCc4cc(O)ccc4C3CCC21. The molecule has 2 fully saturated rings. The lowest BCUT2D eigenvalue weighted by atomic mass is 9.59. The third kappa shape index (κ3) is 3.65. The fourth-order valence-corrected chi connectivity index (χ4v) is 6.54. The molecule has 3 N–H and O–H groups in total. The van der Waals surface area contributed by atoms with Crippen molar-refractivity contribution in [2.75, 3.05) is 11.9 Å². The lowest BCUT2D eigenvalue weighted by molar-refractivity contribution is -0.118. The summed E-state index contributed by atoms with van der Waals surface area (Å²) in [6, 6.07) is 5.92. The number of hydrogen-bond donors (Lipinski definition) is 3. The molecule has 27 heavy (non-hydrogen) atoms. The zero-order valence-electron chi connectivity index (χ0n) is 15.8. The Morgan fingerprint density at radius 1 is 1.22 bits per heavy atom. The molecule has 0 radical (unpaired) electrons. The summed E-state index contributed by atoms with van der Waals surface area (Å²) in [4.78, 5) is 11.4. The van der Waals surface area contributed by atoms with Crippen LogP contribution in [0.3, 0.4) is 0 Å². The average molecular weight is 436 g/mol. The largest absolute Gasteiger partial charge is 0.508 e. The van der Waals surface area contributed by atoms with Gasteiger partial charge in [-0.25, -0.2) is 0 Å². The molecule has 4 unspecified atom stereocenters. The van der Waals surface area contributed by atoms with Gasteiger partial charge in [-0.15, -0.1) is 0 Å². The van der Waals surface area contributed by atoms with Crippen molar-refractivity contribution in [2.24, 2.45) is 17.8 Å². The number of alkyl halides is 1. The van der Waals surface area contributed by atoms with Gasteiger partial charge in [0.1, 0.15) is 5.75 Å². The van der Waals surface area contributed by atoms with E-state index < -0.39 is 5.60 Å². The van der Waals surface area contributed by atoms with E-state index in [0.717, 1.165) is 44.9 Å². The van der Waals surface area contributed by atoms with Gasteiger partial charge in [0.05, 0.1) is 10.9 Å². The molecule has 1 aromatic rings. The van der Waals surface area contributed by atoms with E-state index in [1.807, 2.05) is 12.1 Å². The lowest BCUT2D eigenvalue weighted by Crippen LogP contribution is -2.43. The van der Waals surface area contributed by atoms with E-state index >= 15 is 0 Å². The fourth-order valence-electron chi connectivity index (χ4n) is 6.34. The second kappa shape index (κ2) is 7.75. The van der Waals surface area contributed by atoms with E-state index in [1.54, 1.807) is 0 Å². The highest BCUT2D eigenvalue weighted by Gasteiger charge is 2.53. The number of rotatable bonds is 5. The Kier molecular flexibility index (Phi) is 5.52. The molecule has 0 bridgehead atoms. The number of aliphatic hydroxyl groups is 1. The molecule has 4 rings (SSSR count). The number of carbonyl (C=O) groups excluding carboxylic acids is 1. The molecule has 148 valence electrons. The molecule has 5 heteroatoms. The first-order valence-electron chi connectivity index (χ1n) is 10.4. The van der Waals surface area contributed by atoms with E-state index in [4.69, 9.17) is 0 Å². The molecule has 0 aromatic heterocycles. The van der Waals surface area contributed by atoms with Crippen LogP contribution in [0.15, 0.2) is 18.2 Å². The van der Waals surface area contributed by atoms with Crippen molar-refractivity contribution in [3.8, 4) is 5.75 Å². The van der Waals surface area contributed by atoms with Crippen molar-refractivity contribution in [3.05, 3.63) is 29.3 Å². The zero-order chi connectivity index (χ0) is 19.0. The summed E-state index contributed by atoms with van der Waals surface area (Å²) in [6.45, 7) is 0.646. The van der Waals surface area contributed by atoms with Crippen molar-refractivity contribution in [1.82, 2.24) is 5.32 Å². The average Bonchev–Trinajstić information content (AvgIpc) is 3.01. The molecule has 2 saturated carbocycles. The Labute approximate surface area is 169 Å². The quantitative estimate of drug-likeness (QED) is 0.485. The maximum Gasteiger partial charge on any atom is 0.230 e. The molecule has 4 nitrogen and oxygen atoms in total. The molecule has 0 saturated heterocycles. The minimum atomic E-state index is -0.552. The first-order chi connectivity index (χ1) is 13.0. The Morgan fingerprint density at radius 2 is 2.07 bits per heavy atom. The zero-order valence-corrected chi connectivity index (χ0v) is 17.4. The summed E-state index contributed by atoms with van der Waals surface area (Å²) >= 11 is 3.16. The molecule has 1 amide bonds. The number of phenolic OH excluding ortho intramolecular Hbond substituents is 1. The Morgan fingerprint density at radius 3 is 2.89 bits per heavy atom. The molecule has 3 aliphatic rings. The topological polar surface area (TPSA) is 69.6 Å². The summed E-state index contributed by atoms with van der Waals surface area (Å²) in [7, 11) is 0. The minimum absolute atomic E-state index is 0.0127. The van der Waals surface area contributed by atoms with Gasteiger partial charge < -0.3 is 15.5 Å². The van der Waals surface area contributed by atoms with Gasteiger partial charge in [0.25, 0.3) is 0 Å². The van der Waals surface area contributed by atoms with Gasteiger partial charge in [0.15, 0.2) is 0 Å². The van der Waals surface area contributed by atoms with Crippen LogP contribution in [-0.4, -0.2) is 33.6 Å². The van der Waals surface area contributed by atoms with Gasteiger partial charge in [-0.3, -0.25) is 4.79 Å². The normalized spacial score (nSPS) is 34.4. The highest BCUT2D eigenvalue weighted by molar-refractivity contribution is 9.09. The van der Waals surface area contributed by atoms with Crippen LogP contribution < -0.4 is 5.32 Å². The predicted octanol–water partition coefficient (Wildman–Crippen LogP) is 3.88. The Hall–Kier alpha value is -1.07. The van der Waals surface area contributed by atoms with Crippen molar-refractivity contribution >= 4 is 21.8 Å². The number of aryl methyl sites for hydroxylation is 1. The number of benzene rings is 1. The predicted molar refractivity (Wildman–Crippen MR) is 109 cm³/mol. The summed E-state index contributed by atoms with van der Waals surface area (Å²) in [6.07, 6.45) is 8.13. The standard InChI is InChI=1S/C22H30BrNO3/c23-13-21(26)24-11-1-9-22(27)10-8-19-18-4-2-14-12-15(25)3-5-16(14)17(18)6-7-20(19)22/h3,5,12,17-20,25,27H,1-2,4,6-11,13H2,(H,24,26)/t17?,18?,19?,20?,22-/m0/s1. The maximum absolute atomic E-state index is 11.4. The van der Waals surface area contributed by atoms with Crippen LogP contribution in [0.5, 0.6) is 5.75 Å². The second-order valence-corrected chi connectivity index (χ2v) is 9.33. The minimum Gasteiger partial charge on any atom is -0.508 e. The number of nitrogens with one attached hydrogen (secondary N) is 1. The van der Waals surface area contributed by atoms with Crippen LogP contribution in [0.25, 0.3) is 0 Å². The van der Waals surface area contributed by atoms with Crippen LogP contribution in [0.2, 0.25) is 0 Å². The van der Waals surface area contributed by atoms with Gasteiger partial charge >= 0.3 is 0 Å². The van der Waals surface area contributed by atoms with Crippen LogP contribution in [0.4, 0.5) is 0 Å². The lowest BCUT2D eigenvalue weighted by Gasteiger charge is -2.47. The van der Waals surface area contributed by atoms with E-state index in [9.17, 15) is 15.0 Å². The number of amides is 1. The first kappa shape index (κ1) is 19.3. The monoisotopic (exact) mass is 435 g/mol. The number of fused-ring (bicyclic) bond motifs is 5. The third-order valence-corrected chi connectivity index (χ3v) is 7.99. The van der Waals surface area contributed by atoms with Crippen molar-refractivity contribution in [3.63, 3.8) is 0 Å². The van der Waals surface area contributed by atoms with Crippen molar-refractivity contribution in [1.29, 1.82) is 0 Å². The molecular formula is C22H30BrNO3. The van der Waals surface area contributed by atoms with Crippen LogP contribution in [0, 0.1) is 17.8 Å². The molecule has 0 aliphatic heterocycles. The van der Waals surface area contributed by atoms with Crippen LogP contribution in [0.1, 0.15) is 62.0 Å². The highest BCUT2D eigenvalue weighted by atomic mass is 79.9. The van der Waals surface area contributed by atoms with Crippen LogP contribution >= 0.6 is 15.9 Å². The second-order valence-electron chi connectivity index (χ2n) is 8.77. The third-order valence-electron chi connectivity index (χ3n) is 7.48. The van der Waals surface area contributed by atoms with E-state index in [1.165, 1.54) is 17.5 Å². The molecule has 3 aliphatic carbocycles.